The van der Waals surface area contributed by atoms with Gasteiger partial charge in [-0.05, 0) is 12.1 Å². The Morgan fingerprint density at radius 1 is 1.00 bits per heavy atom. The molecule has 0 saturated carbocycles. The highest BCUT2D eigenvalue weighted by Gasteiger charge is 2.58. The van der Waals surface area contributed by atoms with E-state index in [4.69, 9.17) is 9.16 Å². The van der Waals surface area contributed by atoms with Crippen LogP contribution >= 0.6 is 0 Å². The highest BCUT2D eigenvalue weighted by molar-refractivity contribution is 5.90. The van der Waals surface area contributed by atoms with Gasteiger partial charge in [-0.3, -0.25) is 0 Å². The number of hydrogen-bond acceptors (Lipinski definition) is 1. The topological polar surface area (TPSA) is 20.5 Å². The van der Waals surface area contributed by atoms with Crippen LogP contribution in [0.25, 0.3) is 0 Å². The first-order valence-corrected chi connectivity index (χ1v) is 5.23. The maximum atomic E-state index is 5.84. The summed E-state index contributed by atoms with van der Waals surface area (Å²) in [5.74, 6) is 0.630. The Bertz CT molecular complexity index is 388. The van der Waals surface area contributed by atoms with Crippen LogP contribution in [0.4, 0.5) is 0 Å². The fourth-order valence-corrected chi connectivity index (χ4v) is 1.42. The van der Waals surface area contributed by atoms with E-state index in [0.717, 1.165) is 5.56 Å². The zero-order valence-electron chi connectivity index (χ0n) is 9.70. The molecule has 0 N–H and O–H groups in total. The molecule has 0 unspecified atom stereocenters. The van der Waals surface area contributed by atoms with Crippen molar-refractivity contribution in [2.45, 2.75) is 38.9 Å². The van der Waals surface area contributed by atoms with E-state index >= 15 is 0 Å². The third kappa shape index (κ3) is 1.65. The summed E-state index contributed by atoms with van der Waals surface area (Å²) in [5.41, 5.74) is 0.409. The standard InChI is InChI=1S/C13H17O2/c1-12(2)13(3,4)15-11(14-12)10-8-6-5-7-9-10/h5-9H,1-4H3/q+1. The molecule has 0 radical (unpaired) electrons. The summed E-state index contributed by atoms with van der Waals surface area (Å²) in [5, 5.41) is 0. The monoisotopic (exact) mass is 205 g/mol. The summed E-state index contributed by atoms with van der Waals surface area (Å²) < 4.78 is 11.7. The van der Waals surface area contributed by atoms with E-state index in [-0.39, 0.29) is 11.2 Å². The van der Waals surface area contributed by atoms with Gasteiger partial charge in [0.05, 0.1) is 0 Å². The molecule has 2 nitrogen and oxygen atoms in total. The minimum absolute atomic E-state index is 0.293. The zero-order chi connectivity index (χ0) is 11.1. The molecular formula is C13H17O2+. The smallest absolute Gasteiger partial charge is 0.304 e. The Hall–Kier alpha value is -1.31. The van der Waals surface area contributed by atoms with E-state index in [1.54, 1.807) is 0 Å². The fourth-order valence-electron chi connectivity index (χ4n) is 1.42. The predicted octanol–water partition coefficient (Wildman–Crippen LogP) is 2.95. The quantitative estimate of drug-likeness (QED) is 0.510. The van der Waals surface area contributed by atoms with Gasteiger partial charge >= 0.3 is 5.97 Å². The molecule has 15 heavy (non-hydrogen) atoms. The molecule has 1 aliphatic rings. The lowest BCUT2D eigenvalue weighted by Gasteiger charge is -2.19. The third-order valence-corrected chi connectivity index (χ3v) is 3.16. The van der Waals surface area contributed by atoms with Crippen LogP contribution < -0.4 is 0 Å². The van der Waals surface area contributed by atoms with Gasteiger partial charge in [-0.2, -0.15) is 0 Å². The van der Waals surface area contributed by atoms with Gasteiger partial charge in [-0.1, -0.05) is 18.2 Å². The second-order valence-electron chi connectivity index (χ2n) is 4.88. The molecule has 80 valence electrons. The van der Waals surface area contributed by atoms with Gasteiger partial charge in [0, 0.05) is 27.7 Å². The second kappa shape index (κ2) is 3.09. The lowest BCUT2D eigenvalue weighted by Crippen LogP contribution is -2.41. The number of rotatable bonds is 1. The van der Waals surface area contributed by atoms with Crippen molar-refractivity contribution in [3.63, 3.8) is 0 Å². The van der Waals surface area contributed by atoms with Crippen molar-refractivity contribution in [2.75, 3.05) is 0 Å². The van der Waals surface area contributed by atoms with Gasteiger partial charge < -0.3 is 9.16 Å². The molecule has 0 amide bonds. The number of carbonyl (C=O) groups excluding carboxylic acids is 1. The van der Waals surface area contributed by atoms with Crippen molar-refractivity contribution < 1.29 is 9.16 Å². The van der Waals surface area contributed by atoms with Crippen LogP contribution in [0.1, 0.15) is 37.7 Å². The maximum absolute atomic E-state index is 5.84. The molecule has 1 aromatic carbocycles. The number of esters is 1. The fraction of sp³-hybridized carbons (Fsp3) is 0.462. The molecule has 0 spiro atoms. The van der Waals surface area contributed by atoms with Crippen molar-refractivity contribution in [2.24, 2.45) is 0 Å². The minimum Gasteiger partial charge on any atom is -0.304 e. The van der Waals surface area contributed by atoms with Crippen molar-refractivity contribution in [1.29, 1.82) is 0 Å². The summed E-state index contributed by atoms with van der Waals surface area (Å²) in [6.45, 7) is 8.18. The molecule has 0 fully saturated rings. The first-order chi connectivity index (χ1) is 6.92. The summed E-state index contributed by atoms with van der Waals surface area (Å²) in [6.07, 6.45) is 0. The van der Waals surface area contributed by atoms with Gasteiger partial charge in [0.25, 0.3) is 11.2 Å². The average molecular weight is 205 g/mol. The van der Waals surface area contributed by atoms with E-state index in [2.05, 4.69) is 0 Å². The maximum Gasteiger partial charge on any atom is 0.521 e. The Labute approximate surface area is 90.6 Å². The van der Waals surface area contributed by atoms with E-state index in [1.165, 1.54) is 0 Å². The first-order valence-electron chi connectivity index (χ1n) is 5.23. The first kappa shape index (κ1) is 10.2. The molecule has 0 aromatic heterocycles. The van der Waals surface area contributed by atoms with Crippen LogP contribution in [0.3, 0.4) is 0 Å². The van der Waals surface area contributed by atoms with Gasteiger partial charge in [0.15, 0.2) is 0 Å². The van der Waals surface area contributed by atoms with Gasteiger partial charge in [-0.15, -0.1) is 0 Å². The Balaban J connectivity index is 2.37. The Morgan fingerprint density at radius 3 is 2.07 bits per heavy atom. The van der Waals surface area contributed by atoms with Crippen molar-refractivity contribution >= 4 is 5.97 Å². The SMILES string of the molecule is CC1(C)OC(c2ccccc2)=[O+]C1(C)C. The highest BCUT2D eigenvalue weighted by Crippen LogP contribution is 2.35. The summed E-state index contributed by atoms with van der Waals surface area (Å²) in [6, 6.07) is 9.93. The normalized spacial score (nSPS) is 22.0. The molecular weight excluding hydrogens is 188 g/mol. The largest absolute Gasteiger partial charge is 0.521 e. The van der Waals surface area contributed by atoms with E-state index < -0.39 is 0 Å². The van der Waals surface area contributed by atoms with Crippen LogP contribution in [0, 0.1) is 0 Å². The van der Waals surface area contributed by atoms with Crippen molar-refractivity contribution in [3.05, 3.63) is 35.9 Å². The van der Waals surface area contributed by atoms with E-state index in [0.29, 0.717) is 5.97 Å². The Kier molecular flexibility index (Phi) is 2.10. The summed E-state index contributed by atoms with van der Waals surface area (Å²) in [4.78, 5) is 0. The summed E-state index contributed by atoms with van der Waals surface area (Å²) in [7, 11) is 0. The van der Waals surface area contributed by atoms with Crippen molar-refractivity contribution in [1.82, 2.24) is 0 Å². The highest BCUT2D eigenvalue weighted by atomic mass is 16.7. The lowest BCUT2D eigenvalue weighted by atomic mass is 9.90. The number of ether oxygens (including phenoxy) is 1. The second-order valence-corrected chi connectivity index (χ2v) is 4.88. The lowest BCUT2D eigenvalue weighted by molar-refractivity contribution is -0.380. The molecule has 1 aliphatic heterocycles. The molecule has 0 saturated heterocycles. The zero-order valence-corrected chi connectivity index (χ0v) is 9.70. The van der Waals surface area contributed by atoms with Gasteiger partial charge in [-0.25, -0.2) is 0 Å². The Morgan fingerprint density at radius 2 is 1.60 bits per heavy atom. The summed E-state index contributed by atoms with van der Waals surface area (Å²) >= 11 is 0. The molecule has 0 aliphatic carbocycles. The van der Waals surface area contributed by atoms with Crippen LogP contribution in [-0.4, -0.2) is 17.2 Å². The molecule has 1 heterocycles. The van der Waals surface area contributed by atoms with Crippen LogP contribution in [0.2, 0.25) is 0 Å². The molecule has 0 atom stereocenters. The number of benzene rings is 1. The minimum atomic E-state index is -0.293. The molecule has 2 heteroatoms. The molecule has 0 bridgehead atoms. The molecule has 1 aromatic rings. The van der Waals surface area contributed by atoms with Crippen molar-refractivity contribution in [3.8, 4) is 0 Å². The van der Waals surface area contributed by atoms with Crippen LogP contribution in [-0.2, 0) is 4.74 Å². The third-order valence-electron chi connectivity index (χ3n) is 3.16. The molecule has 2 rings (SSSR count). The van der Waals surface area contributed by atoms with E-state index in [1.807, 2.05) is 58.0 Å². The number of hydrogen-bond donors (Lipinski definition) is 0. The van der Waals surface area contributed by atoms with Crippen LogP contribution in [0.5, 0.6) is 0 Å². The van der Waals surface area contributed by atoms with Gasteiger partial charge in [0.1, 0.15) is 5.56 Å². The predicted molar refractivity (Wildman–Crippen MR) is 60.0 cm³/mol. The number of cyclic esters (lactones) is 1. The van der Waals surface area contributed by atoms with Gasteiger partial charge in [0.2, 0.25) is 0 Å². The average Bonchev–Trinajstić information content (AvgIpc) is 2.38. The van der Waals surface area contributed by atoms with Crippen LogP contribution in [0.15, 0.2) is 30.3 Å². The van der Waals surface area contributed by atoms with E-state index in [9.17, 15) is 0 Å².